The molecule has 1 N–H and O–H groups in total. The molecule has 2 aromatic rings. The van der Waals surface area contributed by atoms with Crippen molar-refractivity contribution >= 4 is 28.9 Å². The van der Waals surface area contributed by atoms with E-state index in [4.69, 9.17) is 11.6 Å². The van der Waals surface area contributed by atoms with E-state index in [9.17, 15) is 4.79 Å². The highest BCUT2D eigenvalue weighted by atomic mass is 35.5. The van der Waals surface area contributed by atoms with Gasteiger partial charge in [-0.1, -0.05) is 11.6 Å². The summed E-state index contributed by atoms with van der Waals surface area (Å²) < 4.78 is 0. The van der Waals surface area contributed by atoms with Crippen LogP contribution in [0.3, 0.4) is 0 Å². The van der Waals surface area contributed by atoms with E-state index >= 15 is 0 Å². The van der Waals surface area contributed by atoms with Crippen LogP contribution in [0.2, 0.25) is 5.15 Å². The van der Waals surface area contributed by atoms with Crippen LogP contribution in [0.25, 0.3) is 11.0 Å². The van der Waals surface area contributed by atoms with Crippen LogP contribution in [0.15, 0.2) is 12.5 Å². The van der Waals surface area contributed by atoms with Gasteiger partial charge in [0.05, 0.1) is 5.39 Å². The van der Waals surface area contributed by atoms with Gasteiger partial charge in [-0.3, -0.25) is 0 Å². The molecule has 0 saturated heterocycles. The lowest BCUT2D eigenvalue weighted by atomic mass is 10.2. The first-order valence-electron chi connectivity index (χ1n) is 3.73. The number of hydrogen-bond donors (Lipinski definition) is 1. The van der Waals surface area contributed by atoms with Crippen molar-refractivity contribution in [3.63, 3.8) is 0 Å². The number of halogens is 1. The first-order valence-corrected chi connectivity index (χ1v) is 4.11. The predicted molar refractivity (Wildman–Crippen MR) is 48.7 cm³/mol. The first kappa shape index (κ1) is 8.19. The molecule has 0 aliphatic rings. The molecule has 4 nitrogen and oxygen atoms in total. The average Bonchev–Trinajstić information content (AvgIpc) is 2.51. The van der Waals surface area contributed by atoms with Gasteiger partial charge in [-0.25, -0.2) is 9.97 Å². The third-order valence-electron chi connectivity index (χ3n) is 1.81. The minimum atomic E-state index is 0.326. The molecule has 0 aliphatic carbocycles. The van der Waals surface area contributed by atoms with Gasteiger partial charge in [0, 0.05) is 12.6 Å². The van der Waals surface area contributed by atoms with Crippen LogP contribution in [0.5, 0.6) is 0 Å². The fraction of sp³-hybridized carbons (Fsp3) is 0.125. The largest absolute Gasteiger partial charge is 0.346 e. The summed E-state index contributed by atoms with van der Waals surface area (Å²) in [4.78, 5) is 21.1. The molecule has 0 aliphatic heterocycles. The number of rotatable bonds is 2. The Morgan fingerprint density at radius 2 is 2.38 bits per heavy atom. The third kappa shape index (κ3) is 1.29. The van der Waals surface area contributed by atoms with Gasteiger partial charge in [-0.05, 0) is 5.56 Å². The summed E-state index contributed by atoms with van der Waals surface area (Å²) in [7, 11) is 0. The third-order valence-corrected chi connectivity index (χ3v) is 2.10. The molecule has 0 bridgehead atoms. The Kier molecular flexibility index (Phi) is 1.98. The molecule has 0 radical (unpaired) electrons. The number of hydrogen-bond acceptors (Lipinski definition) is 3. The molecule has 0 fully saturated rings. The van der Waals surface area contributed by atoms with Crippen molar-refractivity contribution in [2.75, 3.05) is 0 Å². The van der Waals surface area contributed by atoms with Crippen molar-refractivity contribution in [1.82, 2.24) is 15.0 Å². The van der Waals surface area contributed by atoms with Gasteiger partial charge >= 0.3 is 0 Å². The summed E-state index contributed by atoms with van der Waals surface area (Å²) >= 11 is 5.85. The fourth-order valence-corrected chi connectivity index (χ4v) is 1.49. The Hall–Kier alpha value is -1.42. The molecule has 2 heterocycles. The number of aromatic nitrogens is 3. The van der Waals surface area contributed by atoms with E-state index in [2.05, 4.69) is 15.0 Å². The average molecular weight is 196 g/mol. The normalized spacial score (nSPS) is 10.5. The van der Waals surface area contributed by atoms with Crippen molar-refractivity contribution in [2.24, 2.45) is 0 Å². The van der Waals surface area contributed by atoms with Gasteiger partial charge in [0.1, 0.15) is 23.4 Å². The second-order valence-electron chi connectivity index (χ2n) is 2.57. The Balaban J connectivity index is 2.70. The summed E-state index contributed by atoms with van der Waals surface area (Å²) in [6.07, 6.45) is 4.25. The lowest BCUT2D eigenvalue weighted by molar-refractivity contribution is -0.107. The van der Waals surface area contributed by atoms with Crippen LogP contribution >= 0.6 is 11.6 Å². The topological polar surface area (TPSA) is 58.6 Å². The van der Waals surface area contributed by atoms with Gasteiger partial charge in [-0.15, -0.1) is 0 Å². The lowest BCUT2D eigenvalue weighted by Gasteiger charge is -1.93. The van der Waals surface area contributed by atoms with Crippen LogP contribution in [-0.2, 0) is 11.2 Å². The molecule has 13 heavy (non-hydrogen) atoms. The molecule has 5 heteroatoms. The molecule has 0 saturated carbocycles. The molecule has 0 amide bonds. The number of aromatic amines is 1. The summed E-state index contributed by atoms with van der Waals surface area (Å²) in [6, 6.07) is 0. The van der Waals surface area contributed by atoms with E-state index in [1.54, 1.807) is 6.20 Å². The van der Waals surface area contributed by atoms with E-state index in [0.29, 0.717) is 17.2 Å². The lowest BCUT2D eigenvalue weighted by Crippen LogP contribution is -1.86. The number of carbonyl (C=O) groups is 1. The minimum Gasteiger partial charge on any atom is -0.346 e. The van der Waals surface area contributed by atoms with E-state index in [1.165, 1.54) is 6.33 Å². The summed E-state index contributed by atoms with van der Waals surface area (Å²) in [5.74, 6) is 0. The van der Waals surface area contributed by atoms with E-state index in [-0.39, 0.29) is 0 Å². The maximum atomic E-state index is 10.3. The SMILES string of the molecule is O=CCc1c[nH]c2ncnc(Cl)c12. The second-order valence-corrected chi connectivity index (χ2v) is 2.93. The number of H-pyrrole nitrogens is 1. The maximum Gasteiger partial charge on any atom is 0.142 e. The zero-order valence-electron chi connectivity index (χ0n) is 6.62. The number of nitrogens with one attached hydrogen (secondary N) is 1. The molecule has 66 valence electrons. The molecular weight excluding hydrogens is 190 g/mol. The number of carbonyl (C=O) groups excluding carboxylic acids is 1. The number of aldehydes is 1. The molecule has 0 spiro atoms. The van der Waals surface area contributed by atoms with Crippen molar-refractivity contribution in [1.29, 1.82) is 0 Å². The first-order chi connectivity index (χ1) is 6.33. The van der Waals surface area contributed by atoms with Gasteiger partial charge in [0.2, 0.25) is 0 Å². The van der Waals surface area contributed by atoms with Crippen LogP contribution in [0.1, 0.15) is 5.56 Å². The maximum absolute atomic E-state index is 10.3. The molecule has 2 rings (SSSR count). The van der Waals surface area contributed by atoms with Gasteiger partial charge in [0.15, 0.2) is 0 Å². The highest BCUT2D eigenvalue weighted by Crippen LogP contribution is 2.22. The monoisotopic (exact) mass is 195 g/mol. The van der Waals surface area contributed by atoms with Crippen LogP contribution in [-0.4, -0.2) is 21.2 Å². The van der Waals surface area contributed by atoms with Crippen LogP contribution < -0.4 is 0 Å². The van der Waals surface area contributed by atoms with Crippen LogP contribution in [0.4, 0.5) is 0 Å². The summed E-state index contributed by atoms with van der Waals surface area (Å²) in [6.45, 7) is 0. The molecule has 2 aromatic heterocycles. The van der Waals surface area contributed by atoms with Crippen molar-refractivity contribution in [3.8, 4) is 0 Å². The van der Waals surface area contributed by atoms with E-state index in [1.807, 2.05) is 0 Å². The Labute approximate surface area is 79.0 Å². The smallest absolute Gasteiger partial charge is 0.142 e. The van der Waals surface area contributed by atoms with Gasteiger partial charge in [-0.2, -0.15) is 0 Å². The quantitative estimate of drug-likeness (QED) is 0.581. The van der Waals surface area contributed by atoms with Gasteiger partial charge < -0.3 is 9.78 Å². The zero-order valence-corrected chi connectivity index (χ0v) is 7.38. The Morgan fingerprint density at radius 1 is 1.54 bits per heavy atom. The van der Waals surface area contributed by atoms with Crippen molar-refractivity contribution in [2.45, 2.75) is 6.42 Å². The summed E-state index contributed by atoms with van der Waals surface area (Å²) in [5.41, 5.74) is 1.49. The van der Waals surface area contributed by atoms with Crippen molar-refractivity contribution < 1.29 is 4.79 Å². The summed E-state index contributed by atoms with van der Waals surface area (Å²) in [5, 5.41) is 1.11. The van der Waals surface area contributed by atoms with Gasteiger partial charge in [0.25, 0.3) is 0 Å². The molecule has 0 atom stereocenters. The molecule has 0 unspecified atom stereocenters. The zero-order chi connectivity index (χ0) is 9.26. The number of nitrogens with zero attached hydrogens (tertiary/aromatic N) is 2. The van der Waals surface area contributed by atoms with E-state index < -0.39 is 0 Å². The van der Waals surface area contributed by atoms with E-state index in [0.717, 1.165) is 17.2 Å². The highest BCUT2D eigenvalue weighted by Gasteiger charge is 2.08. The molecular formula is C8H6ClN3O. The second kappa shape index (κ2) is 3.14. The predicted octanol–water partition coefficient (Wildman–Crippen LogP) is 1.35. The Morgan fingerprint density at radius 3 is 3.15 bits per heavy atom. The molecule has 0 aromatic carbocycles. The van der Waals surface area contributed by atoms with Crippen LogP contribution in [0, 0.1) is 0 Å². The van der Waals surface area contributed by atoms with Crippen molar-refractivity contribution in [3.05, 3.63) is 23.2 Å². The Bertz CT molecular complexity index is 452. The highest BCUT2D eigenvalue weighted by molar-refractivity contribution is 6.34. The minimum absolute atomic E-state index is 0.326. The fourth-order valence-electron chi connectivity index (χ4n) is 1.24. The number of fused-ring (bicyclic) bond motifs is 1. The standard InChI is InChI=1S/C8H6ClN3O/c9-7-6-5(1-2-13)3-10-8(6)12-4-11-7/h2-4H,1H2,(H,10,11,12).